The molecule has 3 heterocycles. The minimum atomic E-state index is -0.276. The van der Waals surface area contributed by atoms with Gasteiger partial charge < -0.3 is 4.98 Å². The lowest BCUT2D eigenvalue weighted by Crippen LogP contribution is -2.19. The number of H-pyrrole nitrogens is 1. The van der Waals surface area contributed by atoms with Crippen LogP contribution in [0.2, 0.25) is 0 Å². The summed E-state index contributed by atoms with van der Waals surface area (Å²) in [4.78, 5) is 15.5. The monoisotopic (exact) mass is 379 g/mol. The van der Waals surface area contributed by atoms with Gasteiger partial charge >= 0.3 is 0 Å². The van der Waals surface area contributed by atoms with E-state index in [1.165, 1.54) is 8.47 Å². The maximum atomic E-state index is 11.9. The lowest BCUT2D eigenvalue weighted by atomic mass is 10.4. The highest BCUT2D eigenvalue weighted by Crippen LogP contribution is 2.53. The molecule has 4 nitrogen and oxygen atoms in total. The first kappa shape index (κ1) is 15.7. The molecule has 0 saturated carbocycles. The van der Waals surface area contributed by atoms with E-state index in [9.17, 15) is 4.79 Å². The van der Waals surface area contributed by atoms with E-state index in [1.807, 2.05) is 16.2 Å². The Labute approximate surface area is 146 Å². The highest BCUT2D eigenvalue weighted by atomic mass is 32.2. The van der Waals surface area contributed by atoms with Gasteiger partial charge in [-0.05, 0) is 22.3 Å². The summed E-state index contributed by atoms with van der Waals surface area (Å²) in [5.41, 5.74) is -0.348. The Bertz CT molecular complexity index is 955. The molecule has 0 spiro atoms. The number of nitrogens with one attached hydrogen (secondary N) is 1. The van der Waals surface area contributed by atoms with Crippen molar-refractivity contribution in [2.45, 2.75) is 0 Å². The maximum absolute atomic E-state index is 11.9. The number of thiazole rings is 1. The van der Waals surface area contributed by atoms with Crippen molar-refractivity contribution in [2.75, 3.05) is 0 Å². The fourth-order valence-electron chi connectivity index (χ4n) is 1.53. The third kappa shape index (κ3) is 3.24. The Morgan fingerprint density at radius 1 is 1.14 bits per heavy atom. The van der Waals surface area contributed by atoms with E-state index in [2.05, 4.69) is 4.98 Å². The second-order valence-electron chi connectivity index (χ2n) is 3.82. The molecule has 0 aliphatic carbocycles. The second kappa shape index (κ2) is 6.90. The molecule has 3 rings (SSSR count). The fraction of sp³-hybridized carbons (Fsp3) is 0. The summed E-state index contributed by atoms with van der Waals surface area (Å²) in [7, 11) is 0. The predicted molar refractivity (Wildman–Crippen MR) is 97.9 cm³/mol. The van der Waals surface area contributed by atoms with Crippen LogP contribution in [0.15, 0.2) is 34.4 Å². The van der Waals surface area contributed by atoms with Gasteiger partial charge in [0.2, 0.25) is 0 Å². The predicted octanol–water partition coefficient (Wildman–Crippen LogP) is 2.81. The van der Waals surface area contributed by atoms with Crippen LogP contribution in [0, 0.1) is 22.7 Å². The van der Waals surface area contributed by atoms with Crippen molar-refractivity contribution in [3.8, 4) is 12.1 Å². The Morgan fingerprint density at radius 2 is 1.86 bits per heavy atom. The van der Waals surface area contributed by atoms with Crippen LogP contribution in [0.5, 0.6) is 0 Å². The van der Waals surface area contributed by atoms with Crippen molar-refractivity contribution in [2.24, 2.45) is 0 Å². The van der Waals surface area contributed by atoms with Crippen LogP contribution in [0.3, 0.4) is 0 Å². The van der Waals surface area contributed by atoms with E-state index in [-0.39, 0.29) is 11.1 Å². The summed E-state index contributed by atoms with van der Waals surface area (Å²) in [6.07, 6.45) is 1.79. The number of nitriles is 2. The SMILES string of the molecule is N#CC(C#N)=c1[nH]c(=O)/c(=C/C2=CSC(=C3SC=CS3)S2)s1. The molecule has 1 N–H and O–H groups in total. The van der Waals surface area contributed by atoms with E-state index in [0.29, 0.717) is 9.20 Å². The summed E-state index contributed by atoms with van der Waals surface area (Å²) in [5.74, 6) is 0. The van der Waals surface area contributed by atoms with Gasteiger partial charge in [-0.3, -0.25) is 4.79 Å². The number of nitrogens with zero attached hydrogens (tertiary/aromatic N) is 2. The first-order chi connectivity index (χ1) is 10.7. The number of hydrogen-bond acceptors (Lipinski definition) is 8. The van der Waals surface area contributed by atoms with Crippen molar-refractivity contribution in [3.05, 3.63) is 49.2 Å². The normalized spacial score (nSPS) is 17.5. The molecule has 1 aromatic rings. The van der Waals surface area contributed by atoms with Gasteiger partial charge in [-0.2, -0.15) is 10.5 Å². The number of hydrogen-bond donors (Lipinski definition) is 1. The molecule has 2 aliphatic heterocycles. The third-order valence-corrected chi connectivity index (χ3v) is 8.47. The molecule has 0 bridgehead atoms. The van der Waals surface area contributed by atoms with E-state index in [4.69, 9.17) is 10.5 Å². The topological polar surface area (TPSA) is 80.4 Å². The summed E-state index contributed by atoms with van der Waals surface area (Å²) in [6.45, 7) is 0. The van der Waals surface area contributed by atoms with Crippen LogP contribution in [0.1, 0.15) is 0 Å². The molecule has 9 heteroatoms. The van der Waals surface area contributed by atoms with Crippen molar-refractivity contribution in [1.29, 1.82) is 10.5 Å². The molecular formula is C13H5N3OS5. The van der Waals surface area contributed by atoms with Gasteiger partial charge in [-0.1, -0.05) is 47.0 Å². The second-order valence-corrected chi connectivity index (χ2v) is 9.18. The van der Waals surface area contributed by atoms with Crippen LogP contribution in [0.25, 0.3) is 11.6 Å². The van der Waals surface area contributed by atoms with Gasteiger partial charge in [0.15, 0.2) is 5.57 Å². The molecular weight excluding hydrogens is 374 g/mol. The molecule has 22 heavy (non-hydrogen) atoms. The van der Waals surface area contributed by atoms with Crippen molar-refractivity contribution in [1.82, 2.24) is 4.98 Å². The van der Waals surface area contributed by atoms with Gasteiger partial charge in [0.1, 0.15) is 16.8 Å². The standard InChI is InChI=1S/C13H5N3OS5/c14-4-7(5-15)11-16-10(17)9(22-11)3-8-6-20-13(21-8)12-18-1-2-19-12/h1-3,6H,(H,16,17)/b9-3-. The zero-order valence-corrected chi connectivity index (χ0v) is 14.7. The van der Waals surface area contributed by atoms with Crippen molar-refractivity contribution < 1.29 is 0 Å². The van der Waals surface area contributed by atoms with Crippen molar-refractivity contribution >= 4 is 70.0 Å². The van der Waals surface area contributed by atoms with E-state index < -0.39 is 0 Å². The molecule has 0 aromatic carbocycles. The summed E-state index contributed by atoms with van der Waals surface area (Å²) < 4.78 is 3.26. The minimum absolute atomic E-state index is 0.0724. The number of rotatable bonds is 1. The molecule has 0 fully saturated rings. The quantitative estimate of drug-likeness (QED) is 0.803. The highest BCUT2D eigenvalue weighted by molar-refractivity contribution is 8.33. The molecule has 1 aromatic heterocycles. The summed E-state index contributed by atoms with van der Waals surface area (Å²) in [6, 6.07) is 3.57. The average molecular weight is 380 g/mol. The number of aromatic amines is 1. The molecule has 0 amide bonds. The summed E-state index contributed by atoms with van der Waals surface area (Å²) in [5, 5.41) is 23.8. The molecule has 0 unspecified atom stereocenters. The van der Waals surface area contributed by atoms with Gasteiger partial charge in [0.05, 0.1) is 13.0 Å². The zero-order chi connectivity index (χ0) is 15.5. The van der Waals surface area contributed by atoms with Gasteiger partial charge in [0.25, 0.3) is 5.56 Å². The molecule has 0 atom stereocenters. The van der Waals surface area contributed by atoms with Gasteiger partial charge in [0, 0.05) is 4.91 Å². The molecule has 2 aliphatic rings. The average Bonchev–Trinajstić information content (AvgIpc) is 3.23. The molecule has 108 valence electrons. The highest BCUT2D eigenvalue weighted by Gasteiger charge is 2.17. The summed E-state index contributed by atoms with van der Waals surface area (Å²) >= 11 is 7.79. The van der Waals surface area contributed by atoms with E-state index in [0.717, 1.165) is 16.2 Å². The fourth-order valence-corrected chi connectivity index (χ4v) is 6.87. The number of aromatic nitrogens is 1. The Balaban J connectivity index is 1.94. The molecule has 0 radical (unpaired) electrons. The third-order valence-electron chi connectivity index (χ3n) is 2.45. The van der Waals surface area contributed by atoms with Crippen LogP contribution >= 0.6 is 58.4 Å². The number of thioether (sulfide) groups is 4. The van der Waals surface area contributed by atoms with Gasteiger partial charge in [-0.25, -0.2) is 0 Å². The van der Waals surface area contributed by atoms with Crippen LogP contribution in [0.4, 0.5) is 0 Å². The Kier molecular flexibility index (Phi) is 4.91. The van der Waals surface area contributed by atoms with Crippen LogP contribution < -0.4 is 14.8 Å². The lowest BCUT2D eigenvalue weighted by Gasteiger charge is -1.99. The Morgan fingerprint density at radius 3 is 2.55 bits per heavy atom. The molecule has 0 saturated heterocycles. The van der Waals surface area contributed by atoms with E-state index >= 15 is 0 Å². The maximum Gasteiger partial charge on any atom is 0.266 e. The Hall–Kier alpha value is -1.23. The van der Waals surface area contributed by atoms with E-state index in [1.54, 1.807) is 65.3 Å². The van der Waals surface area contributed by atoms with Crippen molar-refractivity contribution in [3.63, 3.8) is 0 Å². The smallest absolute Gasteiger partial charge is 0.266 e. The van der Waals surface area contributed by atoms with Gasteiger partial charge in [-0.15, -0.1) is 11.3 Å². The van der Waals surface area contributed by atoms with Crippen LogP contribution in [-0.4, -0.2) is 4.98 Å². The lowest BCUT2D eigenvalue weighted by molar-refractivity contribution is 1.25. The minimum Gasteiger partial charge on any atom is -0.311 e. The van der Waals surface area contributed by atoms with Crippen LogP contribution in [-0.2, 0) is 0 Å². The number of allylic oxidation sites excluding steroid dienone is 1. The largest absolute Gasteiger partial charge is 0.311 e. The first-order valence-electron chi connectivity index (χ1n) is 5.74. The zero-order valence-electron chi connectivity index (χ0n) is 10.7. The first-order valence-corrected chi connectivity index (χ1v) is 10.0.